The first kappa shape index (κ1) is 29.4. The summed E-state index contributed by atoms with van der Waals surface area (Å²) < 4.78 is 48.8. The Hall–Kier alpha value is -4.98. The highest BCUT2D eigenvalue weighted by atomic mass is 19.3. The van der Waals surface area contributed by atoms with Crippen LogP contribution < -0.4 is 15.8 Å². The molecule has 5 heterocycles. The Kier molecular flexibility index (Phi) is 7.31. The lowest BCUT2D eigenvalue weighted by molar-refractivity contribution is -0.133. The van der Waals surface area contributed by atoms with Gasteiger partial charge in [0.2, 0.25) is 11.8 Å². The van der Waals surface area contributed by atoms with E-state index in [1.165, 1.54) is 16.9 Å². The van der Waals surface area contributed by atoms with E-state index in [2.05, 4.69) is 20.1 Å². The fourth-order valence-corrected chi connectivity index (χ4v) is 6.73. The maximum atomic E-state index is 15.7. The average Bonchev–Trinajstić information content (AvgIpc) is 3.59. The number of amides is 1. The zero-order valence-electron chi connectivity index (χ0n) is 25.3. The first-order valence-corrected chi connectivity index (χ1v) is 15.8. The molecule has 11 nitrogen and oxygen atoms in total. The second kappa shape index (κ2) is 11.7. The number of likely N-dealkylation sites (tertiary alicyclic amines) is 1. The van der Waals surface area contributed by atoms with Crippen LogP contribution in [0.15, 0.2) is 60.9 Å². The van der Waals surface area contributed by atoms with E-state index in [1.54, 1.807) is 24.4 Å². The van der Waals surface area contributed by atoms with Gasteiger partial charge in [-0.25, -0.2) is 24.0 Å². The number of nitrogens with two attached hydrogens (primary N) is 1. The number of benzene rings is 1. The molecular formula is C33H32F3N9O2. The highest BCUT2D eigenvalue weighted by Crippen LogP contribution is 2.38. The van der Waals surface area contributed by atoms with Gasteiger partial charge in [-0.15, -0.1) is 5.10 Å². The predicted octanol–water partition coefficient (Wildman–Crippen LogP) is 4.78. The molecule has 1 saturated heterocycles. The smallest absolute Gasteiger partial charge is 0.388 e. The molecule has 242 valence electrons. The number of imidazole rings is 1. The molecule has 2 atom stereocenters. The van der Waals surface area contributed by atoms with Crippen molar-refractivity contribution in [3.63, 3.8) is 0 Å². The Morgan fingerprint density at radius 1 is 1.04 bits per heavy atom. The summed E-state index contributed by atoms with van der Waals surface area (Å²) in [7, 11) is 0. The number of carbonyl (C=O) groups is 1. The monoisotopic (exact) mass is 643 g/mol. The average molecular weight is 644 g/mol. The standard InChI is InChI=1S/C33H32F3N9O2/c34-24-17-19-16-21(5-6-22(19)28(24)39-20-9-13-43(14-10-20)32(46)18-3-4-18)45-30(23-2-1-12-38-29(23)37)40-25-7-8-26(41-31(25)45)44-15-11-27(42-44)47-33(35)36/h1-2,5-8,11-12,15-16,18,20,24,28,33,39H,3-4,9-10,13-14,17H2,(H2,37,38)/t24?,28-/m1/s1. The summed E-state index contributed by atoms with van der Waals surface area (Å²) in [5.74, 6) is 1.37. The third kappa shape index (κ3) is 5.56. The van der Waals surface area contributed by atoms with Crippen molar-refractivity contribution in [2.45, 2.75) is 57.0 Å². The molecule has 2 aliphatic carbocycles. The van der Waals surface area contributed by atoms with E-state index in [0.29, 0.717) is 47.1 Å². The van der Waals surface area contributed by atoms with Crippen molar-refractivity contribution in [1.29, 1.82) is 0 Å². The van der Waals surface area contributed by atoms with Gasteiger partial charge in [0.25, 0.3) is 0 Å². The van der Waals surface area contributed by atoms with Crippen LogP contribution >= 0.6 is 0 Å². The van der Waals surface area contributed by atoms with Crippen LogP contribution in [0.4, 0.5) is 19.0 Å². The van der Waals surface area contributed by atoms with Gasteiger partial charge in [0, 0.05) is 55.6 Å². The quantitative estimate of drug-likeness (QED) is 0.247. The van der Waals surface area contributed by atoms with Gasteiger partial charge in [-0.3, -0.25) is 9.36 Å². The van der Waals surface area contributed by atoms with Crippen LogP contribution in [-0.4, -0.2) is 72.0 Å². The van der Waals surface area contributed by atoms with E-state index in [-0.39, 0.29) is 36.0 Å². The normalized spacial score (nSPS) is 19.9. The van der Waals surface area contributed by atoms with Crippen molar-refractivity contribution in [2.75, 3.05) is 18.8 Å². The van der Waals surface area contributed by atoms with Crippen molar-refractivity contribution in [3.8, 4) is 28.8 Å². The van der Waals surface area contributed by atoms with Gasteiger partial charge in [-0.05, 0) is 73.2 Å². The second-order valence-electron chi connectivity index (χ2n) is 12.3. The van der Waals surface area contributed by atoms with Crippen molar-refractivity contribution < 1.29 is 22.7 Å². The van der Waals surface area contributed by atoms with E-state index in [1.807, 2.05) is 33.7 Å². The number of anilines is 1. The Morgan fingerprint density at radius 3 is 2.64 bits per heavy atom. The molecule has 3 aliphatic rings. The van der Waals surface area contributed by atoms with Gasteiger partial charge in [-0.2, -0.15) is 8.78 Å². The molecule has 0 spiro atoms. The SMILES string of the molecule is Nc1ncccc1-c1nc2ccc(-n3ccc(OC(F)F)n3)nc2n1-c1ccc2c(c1)CC(F)[C@@H]2NC1CCN(C(=O)C2CC2)CC1. The summed E-state index contributed by atoms with van der Waals surface area (Å²) in [5.41, 5.74) is 10.4. The third-order valence-electron chi connectivity index (χ3n) is 9.22. The number of nitrogen functional groups attached to an aromatic ring is 1. The van der Waals surface area contributed by atoms with Gasteiger partial charge < -0.3 is 20.7 Å². The number of ether oxygens (including phenoxy) is 1. The summed E-state index contributed by atoms with van der Waals surface area (Å²) in [5, 5.41) is 7.63. The van der Waals surface area contributed by atoms with Crippen LogP contribution in [0.3, 0.4) is 0 Å². The Labute approximate surface area is 267 Å². The van der Waals surface area contributed by atoms with E-state index in [0.717, 1.165) is 36.8 Å². The van der Waals surface area contributed by atoms with Crippen molar-refractivity contribution in [3.05, 3.63) is 72.1 Å². The molecule has 8 rings (SSSR count). The maximum Gasteiger partial charge on any atom is 0.388 e. The van der Waals surface area contributed by atoms with Crippen LogP contribution in [0.2, 0.25) is 0 Å². The summed E-state index contributed by atoms with van der Waals surface area (Å²) in [4.78, 5) is 28.3. The molecule has 14 heteroatoms. The number of rotatable bonds is 8. The lowest BCUT2D eigenvalue weighted by Crippen LogP contribution is -2.47. The summed E-state index contributed by atoms with van der Waals surface area (Å²) in [6, 6.07) is 13.8. The highest BCUT2D eigenvalue weighted by Gasteiger charge is 2.38. The molecule has 3 N–H and O–H groups in total. The molecule has 0 radical (unpaired) electrons. The third-order valence-corrected chi connectivity index (χ3v) is 9.22. The molecule has 47 heavy (non-hydrogen) atoms. The van der Waals surface area contributed by atoms with Gasteiger partial charge in [0.15, 0.2) is 17.3 Å². The maximum absolute atomic E-state index is 15.7. The minimum atomic E-state index is -3.00. The van der Waals surface area contributed by atoms with Crippen molar-refractivity contribution in [2.24, 2.45) is 5.92 Å². The number of aromatic nitrogens is 6. The molecule has 4 aromatic heterocycles. The topological polar surface area (TPSA) is 129 Å². The van der Waals surface area contributed by atoms with Gasteiger partial charge in [0.1, 0.15) is 17.5 Å². The first-order chi connectivity index (χ1) is 22.8. The molecule has 0 bridgehead atoms. The van der Waals surface area contributed by atoms with E-state index in [9.17, 15) is 13.6 Å². The number of pyridine rings is 2. The lowest BCUT2D eigenvalue weighted by Gasteiger charge is -2.34. The predicted molar refractivity (Wildman–Crippen MR) is 167 cm³/mol. The molecule has 1 unspecified atom stereocenters. The first-order valence-electron chi connectivity index (χ1n) is 15.8. The molecule has 2 fully saturated rings. The van der Waals surface area contributed by atoms with E-state index in [4.69, 9.17) is 15.7 Å². The van der Waals surface area contributed by atoms with E-state index < -0.39 is 18.8 Å². The summed E-state index contributed by atoms with van der Waals surface area (Å²) in [6.45, 7) is -1.61. The zero-order valence-corrected chi connectivity index (χ0v) is 25.3. The van der Waals surface area contributed by atoms with Crippen LogP contribution in [0.1, 0.15) is 42.9 Å². The highest BCUT2D eigenvalue weighted by molar-refractivity contribution is 5.83. The zero-order chi connectivity index (χ0) is 32.2. The number of fused-ring (bicyclic) bond motifs is 2. The number of carbonyl (C=O) groups excluding carboxylic acids is 1. The Morgan fingerprint density at radius 2 is 1.87 bits per heavy atom. The van der Waals surface area contributed by atoms with Gasteiger partial charge in [0.05, 0.1) is 11.6 Å². The molecule has 1 saturated carbocycles. The number of alkyl halides is 3. The summed E-state index contributed by atoms with van der Waals surface area (Å²) >= 11 is 0. The largest absolute Gasteiger partial charge is 0.415 e. The van der Waals surface area contributed by atoms with Gasteiger partial charge >= 0.3 is 6.61 Å². The summed E-state index contributed by atoms with van der Waals surface area (Å²) in [6.07, 6.45) is 5.80. The molecule has 1 amide bonds. The number of hydrogen-bond acceptors (Lipinski definition) is 8. The molecule has 1 aliphatic heterocycles. The number of hydrogen-bond donors (Lipinski definition) is 2. The fourth-order valence-electron chi connectivity index (χ4n) is 6.73. The number of piperidine rings is 1. The minimum absolute atomic E-state index is 0.126. The van der Waals surface area contributed by atoms with Crippen molar-refractivity contribution in [1.82, 2.24) is 39.5 Å². The van der Waals surface area contributed by atoms with Crippen LogP contribution in [0.5, 0.6) is 5.88 Å². The molecular weight excluding hydrogens is 611 g/mol. The van der Waals surface area contributed by atoms with E-state index >= 15 is 4.39 Å². The van der Waals surface area contributed by atoms with Gasteiger partial charge in [-0.1, -0.05) is 6.07 Å². The number of nitrogens with one attached hydrogen (secondary N) is 1. The fraction of sp³-hybridized carbons (Fsp3) is 0.364. The van der Waals surface area contributed by atoms with Crippen LogP contribution in [-0.2, 0) is 11.2 Å². The number of nitrogens with zero attached hydrogens (tertiary/aromatic N) is 7. The molecule has 1 aromatic carbocycles. The Bertz CT molecular complexity index is 1970. The van der Waals surface area contributed by atoms with Crippen molar-refractivity contribution >= 4 is 22.9 Å². The number of halogens is 3. The second-order valence-corrected chi connectivity index (χ2v) is 12.3. The van der Waals surface area contributed by atoms with Crippen LogP contribution in [0.25, 0.3) is 34.1 Å². The van der Waals surface area contributed by atoms with Crippen LogP contribution in [0, 0.1) is 5.92 Å². The Balaban J connectivity index is 1.13. The minimum Gasteiger partial charge on any atom is -0.415 e. The lowest BCUT2D eigenvalue weighted by atomic mass is 10.0. The molecule has 5 aromatic rings.